The summed E-state index contributed by atoms with van der Waals surface area (Å²) < 4.78 is 200. The van der Waals surface area contributed by atoms with E-state index in [1.54, 1.807) is 0 Å². The highest BCUT2D eigenvalue weighted by Crippen LogP contribution is 2.62. The van der Waals surface area contributed by atoms with Crippen molar-refractivity contribution in [3.63, 3.8) is 0 Å². The van der Waals surface area contributed by atoms with Gasteiger partial charge in [-0.1, -0.05) is 103 Å². The van der Waals surface area contributed by atoms with Crippen molar-refractivity contribution in [1.82, 2.24) is 4.90 Å². The molecule has 0 heterocycles. The number of hydrogen-bond donors (Lipinski definition) is 0. The summed E-state index contributed by atoms with van der Waals surface area (Å²) in [6, 6.07) is 0. The minimum Gasteiger partial charge on any atom is -0.340 e. The summed E-state index contributed by atoms with van der Waals surface area (Å²) in [6.45, 7) is 1.35. The molecule has 0 fully saturated rings. The van der Waals surface area contributed by atoms with Gasteiger partial charge in [0, 0.05) is 13.6 Å². The lowest BCUT2D eigenvalue weighted by atomic mass is 9.90. The normalized spacial score (nSPS) is 14.3. The molecular formula is C27H40F15NO. The van der Waals surface area contributed by atoms with Crippen molar-refractivity contribution in [2.45, 2.75) is 151 Å². The first-order valence-corrected chi connectivity index (χ1v) is 14.5. The van der Waals surface area contributed by atoms with Gasteiger partial charge in [-0.15, -0.1) is 0 Å². The van der Waals surface area contributed by atoms with Crippen molar-refractivity contribution in [3.8, 4) is 0 Å². The Morgan fingerprint density at radius 3 is 1.02 bits per heavy atom. The Labute approximate surface area is 247 Å². The summed E-state index contributed by atoms with van der Waals surface area (Å²) in [6.07, 6.45) is 7.00. The fourth-order valence-electron chi connectivity index (χ4n) is 4.34. The number of carbonyl (C=O) groups excluding carboxylic acids is 1. The molecule has 2 nitrogen and oxygen atoms in total. The summed E-state index contributed by atoms with van der Waals surface area (Å²) in [5, 5.41) is 0. The predicted molar refractivity (Wildman–Crippen MR) is 133 cm³/mol. The van der Waals surface area contributed by atoms with E-state index in [0.29, 0.717) is 19.9 Å². The van der Waals surface area contributed by atoms with Gasteiger partial charge in [-0.25, -0.2) is 0 Å². The van der Waals surface area contributed by atoms with Crippen LogP contribution in [0.4, 0.5) is 65.9 Å². The van der Waals surface area contributed by atoms with Gasteiger partial charge in [0.15, 0.2) is 0 Å². The zero-order valence-corrected chi connectivity index (χ0v) is 24.5. The SMILES string of the molecule is CCCCCCCCCCCCCCCCCCN(C)C(=O)C(F)(F)C(F)(F)C(F)(F)C(F)(F)C(F)(F)C(F)(F)C(F)(F)F. The molecule has 0 N–H and O–H groups in total. The van der Waals surface area contributed by atoms with Gasteiger partial charge in [-0.2, -0.15) is 65.9 Å². The molecule has 1 amide bonds. The molecule has 0 spiro atoms. The molecule has 0 aromatic rings. The molecule has 0 aromatic carbocycles. The van der Waals surface area contributed by atoms with Crippen molar-refractivity contribution in [1.29, 1.82) is 0 Å². The Kier molecular flexibility index (Phi) is 16.2. The molecule has 17 heteroatoms. The van der Waals surface area contributed by atoms with Crippen molar-refractivity contribution in [2.24, 2.45) is 0 Å². The van der Waals surface area contributed by atoms with E-state index in [1.807, 2.05) is 0 Å². The van der Waals surface area contributed by atoms with Gasteiger partial charge in [0.2, 0.25) is 0 Å². The van der Waals surface area contributed by atoms with Crippen LogP contribution in [0, 0.1) is 0 Å². The van der Waals surface area contributed by atoms with Crippen LogP contribution in [0.15, 0.2) is 0 Å². The highest BCUT2D eigenvalue weighted by molar-refractivity contribution is 5.84. The lowest BCUT2D eigenvalue weighted by Crippen LogP contribution is -2.74. The van der Waals surface area contributed by atoms with E-state index in [2.05, 4.69) is 6.92 Å². The Bertz CT molecular complexity index is 844. The van der Waals surface area contributed by atoms with Crippen molar-refractivity contribution < 1.29 is 70.7 Å². The quantitative estimate of drug-likeness (QED) is 0.0778. The predicted octanol–water partition coefficient (Wildman–Crippen LogP) is 11.1. The van der Waals surface area contributed by atoms with E-state index >= 15 is 0 Å². The molecule has 0 aliphatic rings. The zero-order valence-electron chi connectivity index (χ0n) is 24.5. The van der Waals surface area contributed by atoms with Gasteiger partial charge in [0.1, 0.15) is 0 Å². The molecule has 0 aromatic heterocycles. The van der Waals surface area contributed by atoms with Crippen LogP contribution < -0.4 is 0 Å². The third-order valence-electron chi connectivity index (χ3n) is 7.29. The Balaban J connectivity index is 4.84. The first kappa shape index (κ1) is 42.4. The molecule has 0 atom stereocenters. The van der Waals surface area contributed by atoms with E-state index in [9.17, 15) is 70.7 Å². The maximum Gasteiger partial charge on any atom is 0.460 e. The largest absolute Gasteiger partial charge is 0.460 e. The van der Waals surface area contributed by atoms with Crippen LogP contribution in [0.1, 0.15) is 110 Å². The smallest absolute Gasteiger partial charge is 0.340 e. The molecule has 44 heavy (non-hydrogen) atoms. The molecule has 0 unspecified atom stereocenters. The molecule has 264 valence electrons. The van der Waals surface area contributed by atoms with Crippen LogP contribution in [-0.4, -0.2) is 66.1 Å². The number of rotatable bonds is 23. The summed E-state index contributed by atoms with van der Waals surface area (Å²) in [5.74, 6) is -51.0. The maximum atomic E-state index is 14.1. The van der Waals surface area contributed by atoms with Crippen LogP contribution in [0.3, 0.4) is 0 Å². The second-order valence-corrected chi connectivity index (χ2v) is 11.0. The first-order chi connectivity index (χ1) is 19.9. The lowest BCUT2D eigenvalue weighted by molar-refractivity contribution is -0.449. The minimum absolute atomic E-state index is 0.148. The number of hydrogen-bond acceptors (Lipinski definition) is 1. The molecule has 0 aliphatic heterocycles. The molecule has 0 radical (unpaired) electrons. The Hall–Kier alpha value is -1.58. The number of nitrogens with zero attached hydrogens (tertiary/aromatic N) is 1. The highest BCUT2D eigenvalue weighted by Gasteiger charge is 2.94. The van der Waals surface area contributed by atoms with Gasteiger partial charge in [0.25, 0.3) is 5.91 Å². The summed E-state index contributed by atoms with van der Waals surface area (Å²) in [4.78, 5) is 11.5. The summed E-state index contributed by atoms with van der Waals surface area (Å²) in [5.41, 5.74) is 0. The number of alkyl halides is 15. The summed E-state index contributed by atoms with van der Waals surface area (Å²) in [7, 11) is 0.375. The van der Waals surface area contributed by atoms with E-state index in [-0.39, 0.29) is 17.7 Å². The van der Waals surface area contributed by atoms with Crippen LogP contribution in [0.25, 0.3) is 0 Å². The molecule has 0 saturated heterocycles. The van der Waals surface area contributed by atoms with Crippen LogP contribution in [-0.2, 0) is 4.79 Å². The second-order valence-electron chi connectivity index (χ2n) is 11.0. The molecule has 0 rings (SSSR count). The average Bonchev–Trinajstić information content (AvgIpc) is 2.90. The summed E-state index contributed by atoms with van der Waals surface area (Å²) >= 11 is 0. The maximum absolute atomic E-state index is 14.1. The monoisotopic (exact) mass is 679 g/mol. The van der Waals surface area contributed by atoms with Crippen LogP contribution in [0.2, 0.25) is 0 Å². The molecule has 0 aliphatic carbocycles. The molecule has 0 bridgehead atoms. The standard InChI is InChI=1S/C27H40F15NO/c1-3-4-5-6-7-8-9-10-11-12-13-14-15-16-17-18-19-43(2)20(44)21(28,29)22(30,31)23(32,33)24(34,35)25(36,37)26(38,39)27(40,41)42/h3-19H2,1-2H3. The van der Waals surface area contributed by atoms with Gasteiger partial charge in [0.05, 0.1) is 0 Å². The fourth-order valence-corrected chi connectivity index (χ4v) is 4.34. The third kappa shape index (κ3) is 9.71. The van der Waals surface area contributed by atoms with Gasteiger partial charge in [-0.05, 0) is 6.42 Å². The topological polar surface area (TPSA) is 20.3 Å². The van der Waals surface area contributed by atoms with E-state index < -0.39 is 54.2 Å². The van der Waals surface area contributed by atoms with Crippen molar-refractivity contribution >= 4 is 5.91 Å². The number of carbonyl (C=O) groups is 1. The van der Waals surface area contributed by atoms with Gasteiger partial charge >= 0.3 is 41.7 Å². The van der Waals surface area contributed by atoms with Crippen LogP contribution in [0.5, 0.6) is 0 Å². The number of amides is 1. The highest BCUT2D eigenvalue weighted by atomic mass is 19.4. The van der Waals surface area contributed by atoms with E-state index in [1.165, 1.54) is 38.5 Å². The lowest BCUT2D eigenvalue weighted by Gasteiger charge is -2.41. The van der Waals surface area contributed by atoms with Gasteiger partial charge < -0.3 is 4.90 Å². The number of halogens is 15. The average molecular weight is 680 g/mol. The Morgan fingerprint density at radius 2 is 0.705 bits per heavy atom. The fraction of sp³-hybridized carbons (Fsp3) is 0.963. The Morgan fingerprint density at radius 1 is 0.432 bits per heavy atom. The van der Waals surface area contributed by atoms with E-state index in [0.717, 1.165) is 38.5 Å². The zero-order chi connectivity index (χ0) is 34.7. The second kappa shape index (κ2) is 16.8. The van der Waals surface area contributed by atoms with Crippen LogP contribution >= 0.6 is 0 Å². The molecule has 0 saturated carbocycles. The van der Waals surface area contributed by atoms with Gasteiger partial charge in [-0.3, -0.25) is 4.79 Å². The molecular weight excluding hydrogens is 639 g/mol. The number of unbranched alkanes of at least 4 members (excludes halogenated alkanes) is 15. The first-order valence-electron chi connectivity index (χ1n) is 14.5. The minimum atomic E-state index is -8.40. The van der Waals surface area contributed by atoms with Crippen molar-refractivity contribution in [3.05, 3.63) is 0 Å². The third-order valence-corrected chi connectivity index (χ3v) is 7.29. The van der Waals surface area contributed by atoms with Crippen molar-refractivity contribution in [2.75, 3.05) is 13.6 Å². The van der Waals surface area contributed by atoms with E-state index in [4.69, 9.17) is 0 Å².